The standard InChI is InChI=1S/C21H17FN2O3/c22-18-7-1-16(2-8-18)14-27-20-11-3-15(4-12-20)13-23-24-21(26)17-5-9-19(25)10-6-17/h1-13,25H,14H2,(H,24,26)/b23-13+. The molecule has 136 valence electrons. The van der Waals surface area contributed by atoms with Crippen molar-refractivity contribution in [3.05, 3.63) is 95.3 Å². The van der Waals surface area contributed by atoms with Crippen LogP contribution in [0.5, 0.6) is 11.5 Å². The number of carbonyl (C=O) groups excluding carboxylic acids is 1. The lowest BCUT2D eigenvalue weighted by Gasteiger charge is -2.06. The Labute approximate surface area is 155 Å². The summed E-state index contributed by atoms with van der Waals surface area (Å²) in [6.07, 6.45) is 1.52. The number of hydrogen-bond acceptors (Lipinski definition) is 4. The zero-order valence-corrected chi connectivity index (χ0v) is 14.3. The summed E-state index contributed by atoms with van der Waals surface area (Å²) in [5.74, 6) is 0.117. The Bertz CT molecular complexity index is 921. The van der Waals surface area contributed by atoms with Crippen LogP contribution in [-0.2, 0) is 6.61 Å². The maximum atomic E-state index is 12.9. The van der Waals surface area contributed by atoms with E-state index in [4.69, 9.17) is 4.74 Å². The van der Waals surface area contributed by atoms with E-state index in [1.165, 1.54) is 42.6 Å². The van der Waals surface area contributed by atoms with Crippen molar-refractivity contribution in [2.24, 2.45) is 5.10 Å². The number of phenolic OH excluding ortho intramolecular Hbond substituents is 1. The molecule has 0 radical (unpaired) electrons. The van der Waals surface area contributed by atoms with Gasteiger partial charge < -0.3 is 9.84 Å². The minimum atomic E-state index is -0.370. The number of halogens is 1. The molecule has 0 saturated carbocycles. The summed E-state index contributed by atoms with van der Waals surface area (Å²) in [6.45, 7) is 0.344. The first-order valence-electron chi connectivity index (χ1n) is 8.20. The number of carbonyl (C=O) groups is 1. The summed E-state index contributed by atoms with van der Waals surface area (Å²) in [7, 11) is 0. The number of hydrogen-bond donors (Lipinski definition) is 2. The second-order valence-electron chi connectivity index (χ2n) is 5.73. The van der Waals surface area contributed by atoms with Gasteiger partial charge in [0.25, 0.3) is 5.91 Å². The predicted octanol–water partition coefficient (Wildman–Crippen LogP) is 3.87. The van der Waals surface area contributed by atoms with E-state index in [0.29, 0.717) is 17.9 Å². The highest BCUT2D eigenvalue weighted by atomic mass is 19.1. The topological polar surface area (TPSA) is 70.9 Å². The van der Waals surface area contributed by atoms with E-state index < -0.39 is 0 Å². The first-order valence-corrected chi connectivity index (χ1v) is 8.20. The Balaban J connectivity index is 1.50. The van der Waals surface area contributed by atoms with Gasteiger partial charge in [0.1, 0.15) is 23.9 Å². The van der Waals surface area contributed by atoms with E-state index in [9.17, 15) is 14.3 Å². The molecule has 2 N–H and O–H groups in total. The van der Waals surface area contributed by atoms with E-state index in [1.54, 1.807) is 36.4 Å². The largest absolute Gasteiger partial charge is 0.508 e. The normalized spacial score (nSPS) is 10.7. The second kappa shape index (κ2) is 8.62. The average molecular weight is 364 g/mol. The molecule has 0 atom stereocenters. The van der Waals surface area contributed by atoms with Gasteiger partial charge in [-0.2, -0.15) is 5.10 Å². The molecular weight excluding hydrogens is 347 g/mol. The number of nitrogens with zero attached hydrogens (tertiary/aromatic N) is 1. The Morgan fingerprint density at radius 2 is 1.67 bits per heavy atom. The van der Waals surface area contributed by atoms with Gasteiger partial charge in [0.2, 0.25) is 0 Å². The number of amides is 1. The molecule has 3 aromatic carbocycles. The summed E-state index contributed by atoms with van der Waals surface area (Å²) in [4.78, 5) is 11.9. The van der Waals surface area contributed by atoms with E-state index in [1.807, 2.05) is 0 Å². The number of hydrazone groups is 1. The van der Waals surface area contributed by atoms with E-state index >= 15 is 0 Å². The van der Waals surface area contributed by atoms with Crippen LogP contribution in [0.15, 0.2) is 77.9 Å². The molecule has 0 aliphatic rings. The first kappa shape index (κ1) is 18.1. The summed E-state index contributed by atoms with van der Waals surface area (Å²) in [5.41, 5.74) is 4.48. The van der Waals surface area contributed by atoms with Crippen molar-refractivity contribution in [1.82, 2.24) is 5.43 Å². The van der Waals surface area contributed by atoms with Crippen LogP contribution in [0.1, 0.15) is 21.5 Å². The molecule has 6 heteroatoms. The second-order valence-corrected chi connectivity index (χ2v) is 5.73. The fourth-order valence-electron chi connectivity index (χ4n) is 2.24. The molecule has 0 fully saturated rings. The Morgan fingerprint density at radius 1 is 1.00 bits per heavy atom. The van der Waals surface area contributed by atoms with Crippen molar-refractivity contribution in [2.45, 2.75) is 6.61 Å². The van der Waals surface area contributed by atoms with Crippen LogP contribution >= 0.6 is 0 Å². The molecule has 0 unspecified atom stereocenters. The summed E-state index contributed by atoms with van der Waals surface area (Å²) < 4.78 is 18.5. The van der Waals surface area contributed by atoms with Crippen LogP contribution in [0.25, 0.3) is 0 Å². The van der Waals surface area contributed by atoms with Gasteiger partial charge in [-0.25, -0.2) is 9.82 Å². The number of nitrogens with one attached hydrogen (secondary N) is 1. The van der Waals surface area contributed by atoms with Crippen molar-refractivity contribution < 1.29 is 19.0 Å². The van der Waals surface area contributed by atoms with Crippen LogP contribution in [0.3, 0.4) is 0 Å². The van der Waals surface area contributed by atoms with Gasteiger partial charge in [0, 0.05) is 5.56 Å². The van der Waals surface area contributed by atoms with Gasteiger partial charge in [0.05, 0.1) is 6.21 Å². The summed E-state index contributed by atoms with van der Waals surface area (Å²) in [5, 5.41) is 13.1. The van der Waals surface area contributed by atoms with Crippen LogP contribution in [0, 0.1) is 5.82 Å². The number of rotatable bonds is 6. The highest BCUT2D eigenvalue weighted by Gasteiger charge is 2.03. The zero-order chi connectivity index (χ0) is 19.1. The Morgan fingerprint density at radius 3 is 2.33 bits per heavy atom. The fraction of sp³-hybridized carbons (Fsp3) is 0.0476. The molecule has 3 aromatic rings. The van der Waals surface area contributed by atoms with Crippen molar-refractivity contribution in [3.63, 3.8) is 0 Å². The van der Waals surface area contributed by atoms with Crippen LogP contribution in [0.4, 0.5) is 4.39 Å². The fourth-order valence-corrected chi connectivity index (χ4v) is 2.24. The molecule has 5 nitrogen and oxygen atoms in total. The predicted molar refractivity (Wildman–Crippen MR) is 100 cm³/mol. The average Bonchev–Trinajstić information content (AvgIpc) is 2.69. The third kappa shape index (κ3) is 5.40. The quantitative estimate of drug-likeness (QED) is 0.515. The monoisotopic (exact) mass is 364 g/mol. The lowest BCUT2D eigenvalue weighted by atomic mass is 10.2. The molecule has 0 heterocycles. The minimum absolute atomic E-state index is 0.0942. The third-order valence-electron chi connectivity index (χ3n) is 3.71. The highest BCUT2D eigenvalue weighted by Crippen LogP contribution is 2.14. The van der Waals surface area contributed by atoms with Gasteiger partial charge >= 0.3 is 0 Å². The molecule has 3 rings (SSSR count). The molecule has 0 aliphatic carbocycles. The third-order valence-corrected chi connectivity index (χ3v) is 3.71. The van der Waals surface area contributed by atoms with E-state index in [0.717, 1.165) is 11.1 Å². The SMILES string of the molecule is O=C(N/N=C/c1ccc(OCc2ccc(F)cc2)cc1)c1ccc(O)cc1. The van der Waals surface area contributed by atoms with Crippen molar-refractivity contribution in [3.8, 4) is 11.5 Å². The Hall–Kier alpha value is -3.67. The van der Waals surface area contributed by atoms with E-state index in [-0.39, 0.29) is 17.5 Å². The van der Waals surface area contributed by atoms with Crippen LogP contribution < -0.4 is 10.2 Å². The molecule has 0 aliphatic heterocycles. The number of ether oxygens (including phenoxy) is 1. The van der Waals surface area contributed by atoms with E-state index in [2.05, 4.69) is 10.5 Å². The maximum Gasteiger partial charge on any atom is 0.271 e. The molecule has 0 spiro atoms. The lowest BCUT2D eigenvalue weighted by Crippen LogP contribution is -2.17. The van der Waals surface area contributed by atoms with Crippen LogP contribution in [0.2, 0.25) is 0 Å². The number of benzene rings is 3. The smallest absolute Gasteiger partial charge is 0.271 e. The van der Waals surface area contributed by atoms with Gasteiger partial charge in [-0.1, -0.05) is 12.1 Å². The highest BCUT2D eigenvalue weighted by molar-refractivity contribution is 5.94. The first-order chi connectivity index (χ1) is 13.1. The van der Waals surface area contributed by atoms with Gasteiger partial charge in [-0.3, -0.25) is 4.79 Å². The van der Waals surface area contributed by atoms with Crippen molar-refractivity contribution in [1.29, 1.82) is 0 Å². The van der Waals surface area contributed by atoms with Crippen molar-refractivity contribution in [2.75, 3.05) is 0 Å². The molecule has 0 saturated heterocycles. The molecule has 0 bridgehead atoms. The summed E-state index contributed by atoms with van der Waals surface area (Å²) in [6, 6.07) is 19.2. The van der Waals surface area contributed by atoms with Crippen molar-refractivity contribution >= 4 is 12.1 Å². The maximum absolute atomic E-state index is 12.9. The van der Waals surface area contributed by atoms with Crippen LogP contribution in [-0.4, -0.2) is 17.2 Å². The molecule has 27 heavy (non-hydrogen) atoms. The van der Waals surface area contributed by atoms with Gasteiger partial charge in [-0.15, -0.1) is 0 Å². The number of aromatic hydroxyl groups is 1. The zero-order valence-electron chi connectivity index (χ0n) is 14.3. The Kier molecular flexibility index (Phi) is 5.79. The lowest BCUT2D eigenvalue weighted by molar-refractivity contribution is 0.0955. The summed E-state index contributed by atoms with van der Waals surface area (Å²) >= 11 is 0. The van der Waals surface area contributed by atoms with Gasteiger partial charge in [0.15, 0.2) is 0 Å². The van der Waals surface area contributed by atoms with Gasteiger partial charge in [-0.05, 0) is 71.8 Å². The molecular formula is C21H17FN2O3. The molecule has 0 aromatic heterocycles. The molecule has 1 amide bonds. The number of phenols is 1. The minimum Gasteiger partial charge on any atom is -0.508 e.